The molecule has 0 aliphatic carbocycles. The number of hydrogen-bond acceptors (Lipinski definition) is 2. The number of halogens is 1. The number of ketones is 1. The Balaban J connectivity index is 2.27. The summed E-state index contributed by atoms with van der Waals surface area (Å²) in [5.74, 6) is -0.0396. The van der Waals surface area contributed by atoms with Crippen LogP contribution in [0.1, 0.15) is 71.7 Å². The van der Waals surface area contributed by atoms with Crippen molar-refractivity contribution in [3.63, 3.8) is 0 Å². The predicted molar refractivity (Wildman–Crippen MR) is 110 cm³/mol. The van der Waals surface area contributed by atoms with E-state index in [1.54, 1.807) is 0 Å². The lowest BCUT2D eigenvalue weighted by Crippen LogP contribution is -2.14. The summed E-state index contributed by atoms with van der Waals surface area (Å²) in [5, 5.41) is -0.253. The zero-order valence-electron chi connectivity index (χ0n) is 15.5. The second kappa shape index (κ2) is 10.6. The van der Waals surface area contributed by atoms with E-state index in [-0.39, 0.29) is 25.3 Å². The van der Waals surface area contributed by atoms with Crippen molar-refractivity contribution in [2.45, 2.75) is 57.0 Å². The highest BCUT2D eigenvalue weighted by Crippen LogP contribution is 2.38. The molecule has 2 atom stereocenters. The predicted octanol–water partition coefficient (Wildman–Crippen LogP) is 7.14. The number of carbonyl (C=O) groups is 1. The summed E-state index contributed by atoms with van der Waals surface area (Å²) >= 11 is 6.60. The number of benzene rings is 2. The van der Waals surface area contributed by atoms with Gasteiger partial charge in [-0.2, -0.15) is 0 Å². The van der Waals surface area contributed by atoms with E-state index in [0.717, 1.165) is 30.4 Å². The highest BCUT2D eigenvalue weighted by molar-refractivity contribution is 7.24. The standard InChI is InChI=1S/C22H26ClO2P/c1-3-4-5-6-15-20(23)22(26-25)19-14-10-9-13-18(19)21(24)17-12-8-7-11-16(17)2/h7-14,20,22H,3-6,15H2,1-2H3. The lowest BCUT2D eigenvalue weighted by Gasteiger charge is -2.19. The zero-order chi connectivity index (χ0) is 18.9. The molecule has 0 saturated heterocycles. The minimum Gasteiger partial charge on any atom is -0.289 e. The highest BCUT2D eigenvalue weighted by Gasteiger charge is 2.26. The smallest absolute Gasteiger partial charge is 0.193 e. The molecule has 0 radical (unpaired) electrons. The summed E-state index contributed by atoms with van der Waals surface area (Å²) in [7, 11) is -0.0398. The van der Waals surface area contributed by atoms with Crippen molar-refractivity contribution in [3.05, 3.63) is 70.8 Å². The van der Waals surface area contributed by atoms with Gasteiger partial charge in [-0.05, 0) is 24.5 Å². The van der Waals surface area contributed by atoms with E-state index in [1.807, 2.05) is 55.5 Å². The lowest BCUT2D eigenvalue weighted by atomic mass is 9.92. The first kappa shape index (κ1) is 20.8. The second-order valence-electron chi connectivity index (χ2n) is 6.65. The van der Waals surface area contributed by atoms with Gasteiger partial charge in [0.25, 0.3) is 0 Å². The van der Waals surface area contributed by atoms with Crippen LogP contribution >= 0.6 is 20.1 Å². The van der Waals surface area contributed by atoms with Gasteiger partial charge in [0.05, 0.1) is 11.0 Å². The van der Waals surface area contributed by atoms with Crippen LogP contribution in [0.15, 0.2) is 48.5 Å². The Labute approximate surface area is 163 Å². The van der Waals surface area contributed by atoms with Gasteiger partial charge in [-0.1, -0.05) is 81.1 Å². The fraction of sp³-hybridized carbons (Fsp3) is 0.409. The number of unbranched alkanes of at least 4 members (excludes halogenated alkanes) is 3. The first-order chi connectivity index (χ1) is 12.6. The van der Waals surface area contributed by atoms with E-state index >= 15 is 0 Å². The number of hydrogen-bond donors (Lipinski definition) is 0. The molecule has 26 heavy (non-hydrogen) atoms. The second-order valence-corrected chi connectivity index (χ2v) is 7.97. The van der Waals surface area contributed by atoms with Crippen molar-refractivity contribution in [3.8, 4) is 0 Å². The average Bonchev–Trinajstić information content (AvgIpc) is 2.66. The van der Waals surface area contributed by atoms with Crippen LogP contribution in [0.3, 0.4) is 0 Å². The molecule has 0 heterocycles. The van der Waals surface area contributed by atoms with Gasteiger partial charge in [0, 0.05) is 11.1 Å². The van der Waals surface area contributed by atoms with Crippen LogP contribution in [0, 0.1) is 6.92 Å². The minimum absolute atomic E-state index is 0.0396. The number of aryl methyl sites for hydroxylation is 1. The van der Waals surface area contributed by atoms with Crippen LogP contribution in [0.2, 0.25) is 0 Å². The Kier molecular flexibility index (Phi) is 8.48. The molecule has 0 bridgehead atoms. The quantitative estimate of drug-likeness (QED) is 0.187. The van der Waals surface area contributed by atoms with Gasteiger partial charge in [0.15, 0.2) is 14.2 Å². The first-order valence-corrected chi connectivity index (χ1v) is 10.6. The van der Waals surface area contributed by atoms with Crippen molar-refractivity contribution in [1.29, 1.82) is 0 Å². The number of rotatable bonds is 10. The third-order valence-electron chi connectivity index (χ3n) is 4.70. The van der Waals surface area contributed by atoms with Crippen LogP contribution < -0.4 is 0 Å². The van der Waals surface area contributed by atoms with Crippen LogP contribution in [0.25, 0.3) is 0 Å². The van der Waals surface area contributed by atoms with Crippen molar-refractivity contribution >= 4 is 25.8 Å². The molecule has 2 rings (SSSR count). The Morgan fingerprint density at radius 2 is 1.65 bits per heavy atom. The molecule has 0 aromatic heterocycles. The maximum Gasteiger partial charge on any atom is 0.193 e. The molecule has 138 valence electrons. The van der Waals surface area contributed by atoms with Gasteiger partial charge in [-0.15, -0.1) is 11.6 Å². The molecule has 0 aliphatic rings. The molecular weight excluding hydrogens is 363 g/mol. The fourth-order valence-electron chi connectivity index (χ4n) is 3.18. The van der Waals surface area contributed by atoms with E-state index in [2.05, 4.69) is 6.92 Å². The van der Waals surface area contributed by atoms with Crippen LogP contribution in [0.4, 0.5) is 0 Å². The molecule has 0 amide bonds. The number of carbonyl (C=O) groups excluding carboxylic acids is 1. The zero-order valence-corrected chi connectivity index (χ0v) is 17.1. The van der Waals surface area contributed by atoms with E-state index in [9.17, 15) is 9.36 Å². The van der Waals surface area contributed by atoms with Gasteiger partial charge in [0.1, 0.15) is 0 Å². The van der Waals surface area contributed by atoms with E-state index < -0.39 is 0 Å². The van der Waals surface area contributed by atoms with E-state index in [0.29, 0.717) is 11.1 Å². The van der Waals surface area contributed by atoms with E-state index in [4.69, 9.17) is 11.6 Å². The summed E-state index contributed by atoms with van der Waals surface area (Å²) in [6, 6.07) is 15.0. The van der Waals surface area contributed by atoms with Crippen molar-refractivity contribution < 1.29 is 9.36 Å². The van der Waals surface area contributed by atoms with Crippen LogP contribution in [0.5, 0.6) is 0 Å². The van der Waals surface area contributed by atoms with Gasteiger partial charge in [-0.3, -0.25) is 9.36 Å². The Bertz CT molecular complexity index is 744. The monoisotopic (exact) mass is 388 g/mol. The maximum atomic E-state index is 13.1. The molecule has 2 nitrogen and oxygen atoms in total. The van der Waals surface area contributed by atoms with Crippen LogP contribution in [-0.4, -0.2) is 11.2 Å². The van der Waals surface area contributed by atoms with Crippen molar-refractivity contribution in [1.82, 2.24) is 0 Å². The van der Waals surface area contributed by atoms with Gasteiger partial charge in [-0.25, -0.2) is 0 Å². The van der Waals surface area contributed by atoms with Crippen LogP contribution in [-0.2, 0) is 4.57 Å². The SMILES string of the molecule is CCCCCCC(Cl)C(P=O)c1ccccc1C(=O)c1ccccc1C. The van der Waals surface area contributed by atoms with Crippen molar-refractivity contribution in [2.75, 3.05) is 0 Å². The molecule has 2 aromatic rings. The summed E-state index contributed by atoms with van der Waals surface area (Å²) in [4.78, 5) is 13.1. The summed E-state index contributed by atoms with van der Waals surface area (Å²) in [5.41, 5.74) is 2.60. The summed E-state index contributed by atoms with van der Waals surface area (Å²) < 4.78 is 11.9. The minimum atomic E-state index is -0.373. The average molecular weight is 389 g/mol. The third-order valence-corrected chi connectivity index (χ3v) is 6.21. The molecule has 0 saturated carbocycles. The molecule has 2 unspecified atom stereocenters. The van der Waals surface area contributed by atoms with Crippen molar-refractivity contribution in [2.24, 2.45) is 0 Å². The maximum absolute atomic E-state index is 13.1. The first-order valence-electron chi connectivity index (χ1n) is 9.26. The molecule has 0 spiro atoms. The van der Waals surface area contributed by atoms with E-state index in [1.165, 1.54) is 12.8 Å². The Morgan fingerprint density at radius 3 is 2.31 bits per heavy atom. The molecular formula is C22H26ClO2P. The largest absolute Gasteiger partial charge is 0.289 e. The topological polar surface area (TPSA) is 34.1 Å². The molecule has 0 fully saturated rings. The third kappa shape index (κ3) is 5.25. The lowest BCUT2D eigenvalue weighted by molar-refractivity contribution is 0.103. The normalized spacial score (nSPS) is 13.5. The summed E-state index contributed by atoms with van der Waals surface area (Å²) in [6.07, 6.45) is 5.30. The van der Waals surface area contributed by atoms with Gasteiger partial charge >= 0.3 is 0 Å². The molecule has 0 aliphatic heterocycles. The molecule has 4 heteroatoms. The Hall–Kier alpha value is -1.50. The molecule has 2 aromatic carbocycles. The molecule has 0 N–H and O–H groups in total. The van der Waals surface area contributed by atoms with Gasteiger partial charge < -0.3 is 0 Å². The highest BCUT2D eigenvalue weighted by atomic mass is 35.5. The fourth-order valence-corrected chi connectivity index (χ4v) is 4.22. The number of alkyl halides is 1. The van der Waals surface area contributed by atoms with Gasteiger partial charge in [0.2, 0.25) is 0 Å². The summed E-state index contributed by atoms with van der Waals surface area (Å²) in [6.45, 7) is 4.10. The Morgan fingerprint density at radius 1 is 1.00 bits per heavy atom.